The number of hydrogen-bond donors (Lipinski definition) is 2. The van der Waals surface area contributed by atoms with Gasteiger partial charge in [-0.15, -0.1) is 0 Å². The molecule has 0 spiro atoms. The zero-order valence-electron chi connectivity index (χ0n) is 14.8. The molecule has 0 aromatic carbocycles. The highest BCUT2D eigenvalue weighted by atomic mass is 32.2. The molecule has 136 valence electrons. The Bertz CT molecular complexity index is 925. The van der Waals surface area contributed by atoms with Crippen molar-refractivity contribution in [2.45, 2.75) is 44.4 Å². The monoisotopic (exact) mass is 366 g/mol. The van der Waals surface area contributed by atoms with Crippen LogP contribution in [0.25, 0.3) is 5.52 Å². The molecule has 2 aromatic heterocycles. The van der Waals surface area contributed by atoms with Crippen LogP contribution in [-0.2, 0) is 14.6 Å². The summed E-state index contributed by atoms with van der Waals surface area (Å²) in [5.41, 5.74) is -0.124. The maximum Gasteiger partial charge on any atom is 0.272 e. The standard InChI is InChI=1S/C16H22N4O4S/c1-10(13(21)19-16(2,3)4)17-14(22)12-11-8-6-7-9-20(11)15(18-12)25(5,23)24/h6-10H,1-5H3,(H,17,22)(H,19,21). The van der Waals surface area contributed by atoms with Crippen LogP contribution in [-0.4, -0.2) is 47.5 Å². The average molecular weight is 366 g/mol. The van der Waals surface area contributed by atoms with Gasteiger partial charge in [-0.25, -0.2) is 13.4 Å². The van der Waals surface area contributed by atoms with Gasteiger partial charge in [-0.05, 0) is 39.8 Å². The normalized spacial score (nSPS) is 13.5. The smallest absolute Gasteiger partial charge is 0.272 e. The lowest BCUT2D eigenvalue weighted by atomic mass is 10.1. The molecule has 25 heavy (non-hydrogen) atoms. The minimum Gasteiger partial charge on any atom is -0.350 e. The van der Waals surface area contributed by atoms with E-state index in [1.165, 1.54) is 10.6 Å². The van der Waals surface area contributed by atoms with Gasteiger partial charge < -0.3 is 10.6 Å². The summed E-state index contributed by atoms with van der Waals surface area (Å²) < 4.78 is 25.1. The molecule has 2 heterocycles. The van der Waals surface area contributed by atoms with Gasteiger partial charge in [0.25, 0.3) is 5.91 Å². The average Bonchev–Trinajstić information content (AvgIpc) is 2.85. The van der Waals surface area contributed by atoms with Crippen molar-refractivity contribution in [1.82, 2.24) is 20.0 Å². The molecule has 0 aliphatic carbocycles. The Labute approximate surface area is 146 Å². The zero-order chi connectivity index (χ0) is 19.0. The topological polar surface area (TPSA) is 110 Å². The zero-order valence-corrected chi connectivity index (χ0v) is 15.6. The highest BCUT2D eigenvalue weighted by molar-refractivity contribution is 7.90. The highest BCUT2D eigenvalue weighted by Crippen LogP contribution is 2.17. The van der Waals surface area contributed by atoms with Crippen molar-refractivity contribution in [2.24, 2.45) is 0 Å². The molecule has 0 aliphatic rings. The predicted molar refractivity (Wildman–Crippen MR) is 93.1 cm³/mol. The van der Waals surface area contributed by atoms with Crippen LogP contribution < -0.4 is 10.6 Å². The van der Waals surface area contributed by atoms with Crippen LogP contribution in [0.1, 0.15) is 38.2 Å². The molecule has 9 heteroatoms. The second kappa shape index (κ2) is 6.47. The van der Waals surface area contributed by atoms with Crippen molar-refractivity contribution in [1.29, 1.82) is 0 Å². The molecule has 2 amide bonds. The Kier molecular flexibility index (Phi) is 4.90. The summed E-state index contributed by atoms with van der Waals surface area (Å²) in [6.07, 6.45) is 2.54. The van der Waals surface area contributed by atoms with Crippen LogP contribution in [0.2, 0.25) is 0 Å². The number of rotatable bonds is 4. The van der Waals surface area contributed by atoms with E-state index < -0.39 is 27.3 Å². The number of pyridine rings is 1. The predicted octanol–water partition coefficient (Wildman–Crippen LogP) is 0.771. The lowest BCUT2D eigenvalue weighted by Crippen LogP contribution is -2.50. The van der Waals surface area contributed by atoms with Crippen LogP contribution in [0.5, 0.6) is 0 Å². The molecule has 0 fully saturated rings. The quantitative estimate of drug-likeness (QED) is 0.831. The number of carbonyl (C=O) groups is 2. The SMILES string of the molecule is CC(NC(=O)c1nc(S(C)(=O)=O)n2ccccc12)C(=O)NC(C)(C)C. The number of nitrogens with zero attached hydrogens (tertiary/aromatic N) is 2. The van der Waals surface area contributed by atoms with Gasteiger partial charge in [-0.3, -0.25) is 14.0 Å². The van der Waals surface area contributed by atoms with Gasteiger partial charge in [0.05, 0.1) is 5.52 Å². The number of sulfone groups is 1. The van der Waals surface area contributed by atoms with Crippen molar-refractivity contribution >= 4 is 27.2 Å². The van der Waals surface area contributed by atoms with E-state index in [0.717, 1.165) is 6.26 Å². The summed E-state index contributed by atoms with van der Waals surface area (Å²) in [4.78, 5) is 28.6. The first-order chi connectivity index (χ1) is 11.4. The van der Waals surface area contributed by atoms with Gasteiger partial charge in [0, 0.05) is 18.0 Å². The van der Waals surface area contributed by atoms with Crippen LogP contribution in [0.3, 0.4) is 0 Å². The maximum absolute atomic E-state index is 12.5. The second-order valence-electron chi connectivity index (χ2n) is 6.91. The fourth-order valence-corrected chi connectivity index (χ4v) is 3.02. The van der Waals surface area contributed by atoms with Crippen molar-refractivity contribution < 1.29 is 18.0 Å². The van der Waals surface area contributed by atoms with E-state index in [1.54, 1.807) is 25.1 Å². The van der Waals surface area contributed by atoms with E-state index >= 15 is 0 Å². The molecule has 0 saturated heterocycles. The number of hydrogen-bond acceptors (Lipinski definition) is 5. The molecular weight excluding hydrogens is 344 g/mol. The third-order valence-corrected chi connectivity index (χ3v) is 4.25. The van der Waals surface area contributed by atoms with E-state index in [2.05, 4.69) is 15.6 Å². The first-order valence-electron chi connectivity index (χ1n) is 7.70. The number of amides is 2. The van der Waals surface area contributed by atoms with E-state index in [-0.39, 0.29) is 16.8 Å². The Hall–Kier alpha value is -2.42. The lowest BCUT2D eigenvalue weighted by molar-refractivity contribution is -0.124. The molecule has 0 saturated carbocycles. The molecule has 0 bridgehead atoms. The number of aromatic nitrogens is 2. The van der Waals surface area contributed by atoms with Crippen molar-refractivity contribution in [3.63, 3.8) is 0 Å². The molecule has 0 aliphatic heterocycles. The largest absolute Gasteiger partial charge is 0.350 e. The van der Waals surface area contributed by atoms with Gasteiger partial charge in [-0.1, -0.05) is 6.07 Å². The molecule has 1 atom stereocenters. The number of imidazole rings is 1. The molecule has 2 aromatic rings. The van der Waals surface area contributed by atoms with Gasteiger partial charge in [0.1, 0.15) is 6.04 Å². The van der Waals surface area contributed by atoms with Crippen molar-refractivity contribution in [2.75, 3.05) is 6.26 Å². The van der Waals surface area contributed by atoms with E-state index in [9.17, 15) is 18.0 Å². The summed E-state index contributed by atoms with van der Waals surface area (Å²) in [6, 6.07) is 4.12. The number of nitrogens with one attached hydrogen (secondary N) is 2. The fraction of sp³-hybridized carbons (Fsp3) is 0.438. The van der Waals surface area contributed by atoms with E-state index in [0.29, 0.717) is 5.52 Å². The molecular formula is C16H22N4O4S. The van der Waals surface area contributed by atoms with Crippen LogP contribution in [0.4, 0.5) is 0 Å². The van der Waals surface area contributed by atoms with Gasteiger partial charge >= 0.3 is 0 Å². The highest BCUT2D eigenvalue weighted by Gasteiger charge is 2.26. The van der Waals surface area contributed by atoms with Crippen LogP contribution in [0.15, 0.2) is 29.6 Å². The molecule has 1 unspecified atom stereocenters. The van der Waals surface area contributed by atoms with Crippen LogP contribution in [0, 0.1) is 0 Å². The summed E-state index contributed by atoms with van der Waals surface area (Å²) in [5, 5.41) is 5.10. The lowest BCUT2D eigenvalue weighted by Gasteiger charge is -2.23. The van der Waals surface area contributed by atoms with Crippen molar-refractivity contribution in [3.8, 4) is 0 Å². The third-order valence-electron chi connectivity index (χ3n) is 3.30. The van der Waals surface area contributed by atoms with Crippen molar-refractivity contribution in [3.05, 3.63) is 30.1 Å². The molecule has 2 rings (SSSR count). The van der Waals surface area contributed by atoms with Gasteiger partial charge in [0.15, 0.2) is 5.69 Å². The third kappa shape index (κ3) is 4.36. The minimum absolute atomic E-state index is 0.0450. The summed E-state index contributed by atoms with van der Waals surface area (Å²) in [7, 11) is -3.62. The van der Waals surface area contributed by atoms with E-state index in [4.69, 9.17) is 0 Å². The Morgan fingerprint density at radius 2 is 1.88 bits per heavy atom. The maximum atomic E-state index is 12.5. The first-order valence-corrected chi connectivity index (χ1v) is 9.59. The Morgan fingerprint density at radius 3 is 2.44 bits per heavy atom. The Balaban J connectivity index is 2.33. The first kappa shape index (κ1) is 18.9. The van der Waals surface area contributed by atoms with Crippen LogP contribution >= 0.6 is 0 Å². The van der Waals surface area contributed by atoms with Gasteiger partial charge in [-0.2, -0.15) is 0 Å². The fourth-order valence-electron chi connectivity index (χ4n) is 2.25. The van der Waals surface area contributed by atoms with Gasteiger partial charge in [0.2, 0.25) is 20.9 Å². The molecule has 8 nitrogen and oxygen atoms in total. The second-order valence-corrected chi connectivity index (χ2v) is 8.81. The summed E-state index contributed by atoms with van der Waals surface area (Å²) in [5.74, 6) is -0.956. The van der Waals surface area contributed by atoms with E-state index in [1.807, 2.05) is 20.8 Å². The Morgan fingerprint density at radius 1 is 1.24 bits per heavy atom. The molecule has 2 N–H and O–H groups in total. The summed E-state index contributed by atoms with van der Waals surface area (Å²) in [6.45, 7) is 7.05. The minimum atomic E-state index is -3.62. The number of fused-ring (bicyclic) bond motifs is 1. The number of carbonyl (C=O) groups excluding carboxylic acids is 2. The molecule has 0 radical (unpaired) electrons. The summed E-state index contributed by atoms with van der Waals surface area (Å²) >= 11 is 0.